The molecule has 4 heteroatoms. The normalized spacial score (nSPS) is 11.2. The second-order valence-corrected chi connectivity index (χ2v) is 2.11. The number of carbonyl (C=O) groups is 1. The Kier molecular flexibility index (Phi) is 4.45. The van der Waals surface area contributed by atoms with Crippen molar-refractivity contribution in [3.8, 4) is 0 Å². The number of carbonyl (C=O) groups excluding carboxylic acids is 1. The third kappa shape index (κ3) is 2.57. The fourth-order valence-electron chi connectivity index (χ4n) is 0.663. The summed E-state index contributed by atoms with van der Waals surface area (Å²) in [6, 6.07) is 0. The first-order valence-corrected chi connectivity index (χ1v) is 3.48. The van der Waals surface area contributed by atoms with E-state index in [9.17, 15) is 4.79 Å². The molecule has 0 heterocycles. The molecule has 0 aliphatic rings. The van der Waals surface area contributed by atoms with Gasteiger partial charge in [-0.3, -0.25) is 4.79 Å². The Bertz CT molecular complexity index is 230. The van der Waals surface area contributed by atoms with Crippen LogP contribution in [0, 0.1) is 5.41 Å². The van der Waals surface area contributed by atoms with Crippen molar-refractivity contribution in [2.75, 3.05) is 7.05 Å². The SMILES string of the molecule is C=CN/C(C(=O)C=N)=C(/C)NC. The van der Waals surface area contributed by atoms with Gasteiger partial charge >= 0.3 is 0 Å². The Morgan fingerprint density at radius 3 is 2.50 bits per heavy atom. The van der Waals surface area contributed by atoms with Crippen LogP contribution in [0.15, 0.2) is 24.2 Å². The van der Waals surface area contributed by atoms with Gasteiger partial charge in [0.2, 0.25) is 5.78 Å². The van der Waals surface area contributed by atoms with Crippen LogP contribution in [0.2, 0.25) is 0 Å². The van der Waals surface area contributed by atoms with Gasteiger partial charge in [0, 0.05) is 12.7 Å². The molecule has 0 spiro atoms. The Labute approximate surface area is 71.9 Å². The van der Waals surface area contributed by atoms with Crippen LogP contribution >= 0.6 is 0 Å². The molecule has 0 aromatic rings. The van der Waals surface area contributed by atoms with Crippen molar-refractivity contribution < 1.29 is 4.79 Å². The quantitative estimate of drug-likeness (QED) is 0.410. The summed E-state index contributed by atoms with van der Waals surface area (Å²) in [5.74, 6) is -0.373. The van der Waals surface area contributed by atoms with Crippen molar-refractivity contribution in [3.63, 3.8) is 0 Å². The van der Waals surface area contributed by atoms with Gasteiger partial charge in [-0.25, -0.2) is 0 Å². The van der Waals surface area contributed by atoms with Gasteiger partial charge in [0.25, 0.3) is 0 Å². The maximum atomic E-state index is 11.1. The van der Waals surface area contributed by atoms with Crippen LogP contribution < -0.4 is 10.6 Å². The van der Waals surface area contributed by atoms with Gasteiger partial charge in [-0.05, 0) is 13.1 Å². The lowest BCUT2D eigenvalue weighted by molar-refractivity contribution is -0.109. The van der Waals surface area contributed by atoms with E-state index in [-0.39, 0.29) is 5.78 Å². The van der Waals surface area contributed by atoms with Crippen molar-refractivity contribution in [2.24, 2.45) is 0 Å². The Morgan fingerprint density at radius 2 is 2.17 bits per heavy atom. The molecule has 4 nitrogen and oxygen atoms in total. The van der Waals surface area contributed by atoms with Crippen LogP contribution in [0.4, 0.5) is 0 Å². The first kappa shape index (κ1) is 10.4. The minimum atomic E-state index is -0.373. The molecule has 3 N–H and O–H groups in total. The van der Waals surface area contributed by atoms with Crippen LogP contribution in [-0.2, 0) is 4.79 Å². The van der Waals surface area contributed by atoms with Gasteiger partial charge < -0.3 is 16.0 Å². The van der Waals surface area contributed by atoms with Crippen LogP contribution in [0.1, 0.15) is 6.92 Å². The second-order valence-electron chi connectivity index (χ2n) is 2.11. The van der Waals surface area contributed by atoms with Gasteiger partial charge in [-0.1, -0.05) is 6.58 Å². The highest BCUT2D eigenvalue weighted by atomic mass is 16.1. The van der Waals surface area contributed by atoms with Gasteiger partial charge in [0.15, 0.2) is 0 Å². The Hall–Kier alpha value is -1.58. The van der Waals surface area contributed by atoms with Crippen LogP contribution in [0.5, 0.6) is 0 Å². The van der Waals surface area contributed by atoms with Crippen molar-refractivity contribution in [2.45, 2.75) is 6.92 Å². The van der Waals surface area contributed by atoms with E-state index in [0.717, 1.165) is 6.21 Å². The maximum Gasteiger partial charge on any atom is 0.221 e. The zero-order chi connectivity index (χ0) is 9.56. The molecule has 0 saturated carbocycles. The minimum Gasteiger partial charge on any atom is -0.390 e. The third-order valence-electron chi connectivity index (χ3n) is 1.37. The topological polar surface area (TPSA) is 65.0 Å². The molecular formula is C8H13N3O. The van der Waals surface area contributed by atoms with Gasteiger partial charge in [0.1, 0.15) is 5.70 Å². The summed E-state index contributed by atoms with van der Waals surface area (Å²) in [4.78, 5) is 11.1. The lowest BCUT2D eigenvalue weighted by Crippen LogP contribution is -2.22. The summed E-state index contributed by atoms with van der Waals surface area (Å²) in [5, 5.41) is 12.2. The largest absolute Gasteiger partial charge is 0.390 e. The van der Waals surface area contributed by atoms with Crippen LogP contribution in [-0.4, -0.2) is 19.0 Å². The molecule has 0 atom stereocenters. The smallest absolute Gasteiger partial charge is 0.221 e. The summed E-state index contributed by atoms with van der Waals surface area (Å²) in [5.41, 5.74) is 1.03. The zero-order valence-electron chi connectivity index (χ0n) is 7.27. The van der Waals surface area contributed by atoms with E-state index < -0.39 is 0 Å². The molecule has 0 rings (SSSR count). The minimum absolute atomic E-state index is 0.350. The maximum absolute atomic E-state index is 11.1. The lowest BCUT2D eigenvalue weighted by atomic mass is 10.2. The van der Waals surface area contributed by atoms with Crippen molar-refractivity contribution >= 4 is 12.0 Å². The van der Waals surface area contributed by atoms with Gasteiger partial charge in [-0.2, -0.15) is 0 Å². The Balaban J connectivity index is 4.75. The van der Waals surface area contributed by atoms with E-state index in [0.29, 0.717) is 11.4 Å². The summed E-state index contributed by atoms with van der Waals surface area (Å²) in [7, 11) is 1.71. The summed E-state index contributed by atoms with van der Waals surface area (Å²) in [6.07, 6.45) is 2.16. The number of ketones is 1. The molecule has 0 radical (unpaired) electrons. The molecule has 0 aromatic carbocycles. The van der Waals surface area contributed by atoms with E-state index in [1.807, 2.05) is 0 Å². The van der Waals surface area contributed by atoms with Crippen LogP contribution in [0.25, 0.3) is 0 Å². The number of Topliss-reactive ketones (excluding diaryl/α,β-unsaturated/α-hetero) is 1. The van der Waals surface area contributed by atoms with E-state index >= 15 is 0 Å². The molecule has 66 valence electrons. The monoisotopic (exact) mass is 167 g/mol. The van der Waals surface area contributed by atoms with Crippen LogP contribution in [0.3, 0.4) is 0 Å². The highest BCUT2D eigenvalue weighted by Gasteiger charge is 2.07. The highest BCUT2D eigenvalue weighted by molar-refractivity contribution is 6.34. The number of hydrogen-bond acceptors (Lipinski definition) is 4. The Morgan fingerprint density at radius 1 is 1.58 bits per heavy atom. The third-order valence-corrected chi connectivity index (χ3v) is 1.37. The average Bonchev–Trinajstić information content (AvgIpc) is 2.11. The van der Waals surface area contributed by atoms with Crippen molar-refractivity contribution in [3.05, 3.63) is 24.2 Å². The standard InChI is InChI=1S/C8H13N3O/c1-4-11-8(6(2)10-3)7(12)5-9/h4-5,9-11H,1H2,2-3H3/b8-6-,9-5?. The fraction of sp³-hybridized carbons (Fsp3) is 0.250. The number of rotatable bonds is 5. The molecule has 0 amide bonds. The zero-order valence-corrected chi connectivity index (χ0v) is 7.27. The number of allylic oxidation sites excluding steroid dienone is 2. The van der Waals surface area contributed by atoms with Gasteiger partial charge in [0.05, 0.1) is 6.21 Å². The molecule has 0 bridgehead atoms. The molecule has 12 heavy (non-hydrogen) atoms. The van der Waals surface area contributed by atoms with Crippen molar-refractivity contribution in [1.29, 1.82) is 5.41 Å². The first-order valence-electron chi connectivity index (χ1n) is 3.48. The molecule has 0 fully saturated rings. The molecule has 0 unspecified atom stereocenters. The van der Waals surface area contributed by atoms with Crippen molar-refractivity contribution in [1.82, 2.24) is 10.6 Å². The van der Waals surface area contributed by atoms with E-state index in [1.54, 1.807) is 14.0 Å². The molecule has 0 aliphatic carbocycles. The molecule has 0 aromatic heterocycles. The number of nitrogens with one attached hydrogen (secondary N) is 3. The first-order chi connectivity index (χ1) is 5.67. The predicted molar refractivity (Wildman–Crippen MR) is 48.9 cm³/mol. The van der Waals surface area contributed by atoms with E-state index in [1.165, 1.54) is 6.20 Å². The van der Waals surface area contributed by atoms with E-state index in [2.05, 4.69) is 17.2 Å². The summed E-state index contributed by atoms with van der Waals surface area (Å²) < 4.78 is 0. The molecule has 0 aliphatic heterocycles. The fourth-order valence-corrected chi connectivity index (χ4v) is 0.663. The van der Waals surface area contributed by atoms with E-state index in [4.69, 9.17) is 5.41 Å². The molecule has 0 saturated heterocycles. The predicted octanol–water partition coefficient (Wildman–Crippen LogP) is 0.389. The lowest BCUT2D eigenvalue weighted by Gasteiger charge is -2.07. The highest BCUT2D eigenvalue weighted by Crippen LogP contribution is 1.96. The average molecular weight is 167 g/mol. The summed E-state index contributed by atoms with van der Waals surface area (Å²) >= 11 is 0. The number of hydrogen-bond donors (Lipinski definition) is 3. The second kappa shape index (κ2) is 5.12. The van der Waals surface area contributed by atoms with Gasteiger partial charge in [-0.15, -0.1) is 0 Å². The molecular weight excluding hydrogens is 154 g/mol. The summed E-state index contributed by atoms with van der Waals surface area (Å²) in [6.45, 7) is 5.18.